The summed E-state index contributed by atoms with van der Waals surface area (Å²) in [5, 5.41) is 0. The fourth-order valence-electron chi connectivity index (χ4n) is 2.05. The van der Waals surface area contributed by atoms with E-state index in [9.17, 15) is 0 Å². The molecule has 2 aromatic carbocycles. The van der Waals surface area contributed by atoms with Crippen LogP contribution in [0.15, 0.2) is 42.5 Å². The summed E-state index contributed by atoms with van der Waals surface area (Å²) >= 11 is 0. The molecule has 2 nitrogen and oxygen atoms in total. The first-order valence-corrected chi connectivity index (χ1v) is 6.94. The monoisotopic (exact) mass is 269 g/mol. The van der Waals surface area contributed by atoms with Gasteiger partial charge < -0.3 is 10.5 Å². The Morgan fingerprint density at radius 2 is 1.65 bits per heavy atom. The average molecular weight is 269 g/mol. The number of hydrogen-bond donors (Lipinski definition) is 1. The highest BCUT2D eigenvalue weighted by molar-refractivity contribution is 5.40. The highest BCUT2D eigenvalue weighted by atomic mass is 16.5. The van der Waals surface area contributed by atoms with E-state index < -0.39 is 0 Å². The number of rotatable bonds is 3. The van der Waals surface area contributed by atoms with Gasteiger partial charge in [-0.05, 0) is 47.2 Å². The third-order valence-corrected chi connectivity index (χ3v) is 3.42. The molecular formula is C18H23NO. The van der Waals surface area contributed by atoms with Gasteiger partial charge in [-0.3, -0.25) is 0 Å². The molecule has 0 aromatic heterocycles. The van der Waals surface area contributed by atoms with Crippen molar-refractivity contribution in [2.45, 2.75) is 39.7 Å². The Kier molecular flexibility index (Phi) is 4.03. The maximum absolute atomic E-state index is 5.89. The second-order valence-corrected chi connectivity index (χ2v) is 6.26. The molecule has 0 aliphatic rings. The van der Waals surface area contributed by atoms with Gasteiger partial charge >= 0.3 is 0 Å². The molecule has 0 spiro atoms. The van der Waals surface area contributed by atoms with Crippen molar-refractivity contribution in [1.82, 2.24) is 0 Å². The Hall–Kier alpha value is -1.96. The Morgan fingerprint density at radius 1 is 1.00 bits per heavy atom. The molecule has 0 bridgehead atoms. The van der Waals surface area contributed by atoms with Gasteiger partial charge in [0.05, 0.1) is 0 Å². The summed E-state index contributed by atoms with van der Waals surface area (Å²) in [6.07, 6.45) is 0. The van der Waals surface area contributed by atoms with Gasteiger partial charge in [-0.25, -0.2) is 0 Å². The molecule has 2 N–H and O–H groups in total. The zero-order chi connectivity index (χ0) is 14.8. The van der Waals surface area contributed by atoms with Gasteiger partial charge in [-0.2, -0.15) is 0 Å². The Balaban J connectivity index is 2.08. The van der Waals surface area contributed by atoms with Crippen LogP contribution in [0.4, 0.5) is 5.69 Å². The van der Waals surface area contributed by atoms with Crippen molar-refractivity contribution in [3.8, 4) is 5.75 Å². The van der Waals surface area contributed by atoms with Gasteiger partial charge in [0.1, 0.15) is 12.4 Å². The molecule has 20 heavy (non-hydrogen) atoms. The van der Waals surface area contributed by atoms with E-state index in [1.807, 2.05) is 24.3 Å². The van der Waals surface area contributed by atoms with Crippen LogP contribution in [-0.4, -0.2) is 0 Å². The van der Waals surface area contributed by atoms with Crippen molar-refractivity contribution in [3.05, 3.63) is 59.2 Å². The molecule has 106 valence electrons. The summed E-state index contributed by atoms with van der Waals surface area (Å²) in [6.45, 7) is 9.31. The Bertz CT molecular complexity index is 579. The summed E-state index contributed by atoms with van der Waals surface area (Å²) < 4.78 is 5.89. The van der Waals surface area contributed by atoms with Gasteiger partial charge in [-0.1, -0.05) is 45.0 Å². The van der Waals surface area contributed by atoms with Crippen LogP contribution in [0.1, 0.15) is 37.5 Å². The molecular weight excluding hydrogens is 246 g/mol. The SMILES string of the molecule is Cc1cc(C(C)(C)C)ccc1OCc1ccc(N)cc1. The molecule has 0 heterocycles. The van der Waals surface area contributed by atoms with Crippen LogP contribution in [-0.2, 0) is 12.0 Å². The highest BCUT2D eigenvalue weighted by Gasteiger charge is 2.14. The number of nitrogen functional groups attached to an aromatic ring is 1. The predicted octanol–water partition coefficient (Wildman–Crippen LogP) is 4.45. The van der Waals surface area contributed by atoms with Crippen LogP contribution >= 0.6 is 0 Å². The molecule has 2 heteroatoms. The van der Waals surface area contributed by atoms with E-state index in [1.165, 1.54) is 11.1 Å². The predicted molar refractivity (Wildman–Crippen MR) is 85.1 cm³/mol. The van der Waals surface area contributed by atoms with Crippen LogP contribution in [0.2, 0.25) is 0 Å². The second-order valence-electron chi connectivity index (χ2n) is 6.26. The quantitative estimate of drug-likeness (QED) is 0.835. The van der Waals surface area contributed by atoms with Crippen molar-refractivity contribution in [3.63, 3.8) is 0 Å². The van der Waals surface area contributed by atoms with E-state index >= 15 is 0 Å². The first-order chi connectivity index (χ1) is 9.36. The van der Waals surface area contributed by atoms with Crippen LogP contribution in [0, 0.1) is 6.92 Å². The fourth-order valence-corrected chi connectivity index (χ4v) is 2.05. The van der Waals surface area contributed by atoms with Crippen LogP contribution < -0.4 is 10.5 Å². The molecule has 2 aromatic rings. The lowest BCUT2D eigenvalue weighted by atomic mass is 9.86. The molecule has 0 aliphatic heterocycles. The van der Waals surface area contributed by atoms with E-state index in [0.717, 1.165) is 17.0 Å². The van der Waals surface area contributed by atoms with E-state index in [0.29, 0.717) is 6.61 Å². The van der Waals surface area contributed by atoms with E-state index in [1.54, 1.807) is 0 Å². The van der Waals surface area contributed by atoms with Gasteiger partial charge in [0.2, 0.25) is 0 Å². The number of ether oxygens (including phenoxy) is 1. The molecule has 0 amide bonds. The van der Waals surface area contributed by atoms with Crippen molar-refractivity contribution < 1.29 is 4.74 Å². The Labute approximate surface area is 121 Å². The topological polar surface area (TPSA) is 35.2 Å². The number of anilines is 1. The maximum atomic E-state index is 5.89. The standard InChI is InChI=1S/C18H23NO/c1-13-11-15(18(2,3)4)7-10-17(13)20-12-14-5-8-16(19)9-6-14/h5-11H,12,19H2,1-4H3. The molecule has 0 aliphatic carbocycles. The van der Waals surface area contributed by atoms with Crippen LogP contribution in [0.25, 0.3) is 0 Å². The Morgan fingerprint density at radius 3 is 2.20 bits per heavy atom. The summed E-state index contributed by atoms with van der Waals surface area (Å²) in [4.78, 5) is 0. The lowest BCUT2D eigenvalue weighted by molar-refractivity contribution is 0.304. The lowest BCUT2D eigenvalue weighted by Crippen LogP contribution is -2.11. The summed E-state index contributed by atoms with van der Waals surface area (Å²) in [5.74, 6) is 0.940. The summed E-state index contributed by atoms with van der Waals surface area (Å²) in [6, 6.07) is 14.2. The van der Waals surface area contributed by atoms with Crippen molar-refractivity contribution in [2.24, 2.45) is 0 Å². The molecule has 2 rings (SSSR count). The largest absolute Gasteiger partial charge is 0.489 e. The normalized spacial score (nSPS) is 11.4. The van der Waals surface area contributed by atoms with E-state index in [4.69, 9.17) is 10.5 Å². The minimum Gasteiger partial charge on any atom is -0.489 e. The second kappa shape index (κ2) is 5.58. The molecule has 0 unspecified atom stereocenters. The van der Waals surface area contributed by atoms with Gasteiger partial charge in [0.25, 0.3) is 0 Å². The zero-order valence-electron chi connectivity index (χ0n) is 12.7. The van der Waals surface area contributed by atoms with Gasteiger partial charge in [0.15, 0.2) is 0 Å². The third-order valence-electron chi connectivity index (χ3n) is 3.42. The maximum Gasteiger partial charge on any atom is 0.122 e. The zero-order valence-corrected chi connectivity index (χ0v) is 12.7. The summed E-state index contributed by atoms with van der Waals surface area (Å²) in [5.41, 5.74) is 10.2. The molecule has 0 saturated heterocycles. The molecule has 0 saturated carbocycles. The van der Waals surface area contributed by atoms with Crippen molar-refractivity contribution in [2.75, 3.05) is 5.73 Å². The summed E-state index contributed by atoms with van der Waals surface area (Å²) in [7, 11) is 0. The van der Waals surface area contributed by atoms with E-state index in [2.05, 4.69) is 45.9 Å². The smallest absolute Gasteiger partial charge is 0.122 e. The van der Waals surface area contributed by atoms with Crippen LogP contribution in [0.5, 0.6) is 5.75 Å². The first-order valence-electron chi connectivity index (χ1n) is 6.94. The lowest BCUT2D eigenvalue weighted by Gasteiger charge is -2.20. The van der Waals surface area contributed by atoms with Crippen molar-refractivity contribution in [1.29, 1.82) is 0 Å². The molecule has 0 radical (unpaired) electrons. The minimum atomic E-state index is 0.167. The number of hydrogen-bond acceptors (Lipinski definition) is 2. The van der Waals surface area contributed by atoms with E-state index in [-0.39, 0.29) is 5.41 Å². The van der Waals surface area contributed by atoms with Gasteiger partial charge in [0, 0.05) is 5.69 Å². The highest BCUT2D eigenvalue weighted by Crippen LogP contribution is 2.27. The average Bonchev–Trinajstić information content (AvgIpc) is 2.38. The first kappa shape index (κ1) is 14.4. The fraction of sp³-hybridized carbons (Fsp3) is 0.333. The van der Waals surface area contributed by atoms with Gasteiger partial charge in [-0.15, -0.1) is 0 Å². The number of nitrogens with two attached hydrogens (primary N) is 1. The van der Waals surface area contributed by atoms with Crippen molar-refractivity contribution >= 4 is 5.69 Å². The molecule has 0 fully saturated rings. The number of benzene rings is 2. The minimum absolute atomic E-state index is 0.167. The van der Waals surface area contributed by atoms with Crippen LogP contribution in [0.3, 0.4) is 0 Å². The molecule has 0 atom stereocenters. The number of aryl methyl sites for hydroxylation is 1. The third kappa shape index (κ3) is 3.53.